The summed E-state index contributed by atoms with van der Waals surface area (Å²) in [6, 6.07) is 15.4. The number of nitrogens with zero attached hydrogens (tertiary/aromatic N) is 2. The molecular formula is C26H30N2O5. The number of para-hydroxylation sites is 1. The van der Waals surface area contributed by atoms with Gasteiger partial charge in [-0.2, -0.15) is 0 Å². The Morgan fingerprint density at radius 2 is 1.97 bits per heavy atom. The van der Waals surface area contributed by atoms with Gasteiger partial charge in [-0.05, 0) is 49.1 Å². The highest BCUT2D eigenvalue weighted by Crippen LogP contribution is 2.28. The van der Waals surface area contributed by atoms with Crippen molar-refractivity contribution in [2.75, 3.05) is 6.54 Å². The number of hydrogen-bond acceptors (Lipinski definition) is 5. The number of likely N-dealkylation sites (tertiary alicyclic amines) is 1. The molecule has 7 heteroatoms. The van der Waals surface area contributed by atoms with Crippen molar-refractivity contribution in [3.63, 3.8) is 0 Å². The number of carbonyl (C=O) groups is 2. The van der Waals surface area contributed by atoms with Gasteiger partial charge in [-0.25, -0.2) is 0 Å². The Bertz CT molecular complexity index is 1030. The molecule has 4 rings (SSSR count). The molecule has 2 aliphatic heterocycles. The second-order valence-corrected chi connectivity index (χ2v) is 8.92. The van der Waals surface area contributed by atoms with E-state index in [0.29, 0.717) is 25.8 Å². The average molecular weight is 451 g/mol. The van der Waals surface area contributed by atoms with Crippen molar-refractivity contribution in [2.24, 2.45) is 11.1 Å². The van der Waals surface area contributed by atoms with Gasteiger partial charge in [0.05, 0.1) is 24.1 Å². The summed E-state index contributed by atoms with van der Waals surface area (Å²) in [6.07, 6.45) is 2.86. The zero-order valence-corrected chi connectivity index (χ0v) is 19.1. The summed E-state index contributed by atoms with van der Waals surface area (Å²) in [4.78, 5) is 31.6. The van der Waals surface area contributed by atoms with Crippen LogP contribution < -0.4 is 4.74 Å². The molecule has 7 nitrogen and oxygen atoms in total. The molecule has 0 aromatic heterocycles. The zero-order valence-electron chi connectivity index (χ0n) is 19.1. The molecule has 0 spiro atoms. The molecule has 2 aromatic rings. The summed E-state index contributed by atoms with van der Waals surface area (Å²) < 4.78 is 5.94. The molecule has 0 radical (unpaired) electrons. The van der Waals surface area contributed by atoms with Gasteiger partial charge in [0.1, 0.15) is 17.6 Å². The van der Waals surface area contributed by atoms with Crippen LogP contribution in [0, 0.1) is 12.8 Å². The lowest BCUT2D eigenvalue weighted by atomic mass is 9.97. The summed E-state index contributed by atoms with van der Waals surface area (Å²) >= 11 is 0. The van der Waals surface area contributed by atoms with Crippen molar-refractivity contribution >= 4 is 17.6 Å². The number of aliphatic carboxylic acids is 1. The van der Waals surface area contributed by atoms with Gasteiger partial charge in [0.25, 0.3) is 0 Å². The molecule has 33 heavy (non-hydrogen) atoms. The molecule has 0 saturated carbocycles. The van der Waals surface area contributed by atoms with Crippen LogP contribution in [0.1, 0.15) is 43.7 Å². The standard InChI is InChI=1S/C26H30N2O5/c1-17-6-3-4-8-24(17)32-20-11-9-19(10-12-20)15-25(29)28-13-5-7-23(28)22-16-21(33-27-22)14-18(2)26(30)31/h3-4,6,8-12,18,21,23H,5,7,13-16H2,1-2H3,(H,30,31). The number of hydrogen-bond donors (Lipinski definition) is 1. The lowest BCUT2D eigenvalue weighted by Crippen LogP contribution is -2.41. The number of carboxylic acid groups (broad SMARTS) is 1. The monoisotopic (exact) mass is 450 g/mol. The molecule has 3 atom stereocenters. The number of carbonyl (C=O) groups excluding carboxylic acids is 1. The smallest absolute Gasteiger partial charge is 0.306 e. The summed E-state index contributed by atoms with van der Waals surface area (Å²) in [6.45, 7) is 4.38. The van der Waals surface area contributed by atoms with Crippen LogP contribution in [0.25, 0.3) is 0 Å². The maximum absolute atomic E-state index is 13.1. The Labute approximate surface area is 194 Å². The van der Waals surface area contributed by atoms with Crippen molar-refractivity contribution in [2.45, 2.75) is 58.1 Å². The fourth-order valence-corrected chi connectivity index (χ4v) is 4.43. The van der Waals surface area contributed by atoms with Crippen LogP contribution in [-0.4, -0.2) is 46.3 Å². The highest BCUT2D eigenvalue weighted by Gasteiger charge is 2.37. The molecule has 3 unspecified atom stereocenters. The first-order chi connectivity index (χ1) is 15.9. The van der Waals surface area contributed by atoms with E-state index in [4.69, 9.17) is 14.7 Å². The van der Waals surface area contributed by atoms with Crippen molar-refractivity contribution in [1.29, 1.82) is 0 Å². The van der Waals surface area contributed by atoms with Gasteiger partial charge in [0, 0.05) is 19.4 Å². The Kier molecular flexibility index (Phi) is 6.96. The number of oxime groups is 1. The topological polar surface area (TPSA) is 88.4 Å². The summed E-state index contributed by atoms with van der Waals surface area (Å²) in [5.41, 5.74) is 2.85. The molecule has 1 fully saturated rings. The zero-order chi connectivity index (χ0) is 23.4. The predicted octanol–water partition coefficient (Wildman–Crippen LogP) is 4.58. The van der Waals surface area contributed by atoms with Crippen molar-refractivity contribution < 1.29 is 24.3 Å². The van der Waals surface area contributed by atoms with Crippen molar-refractivity contribution in [3.8, 4) is 11.5 Å². The van der Waals surface area contributed by atoms with E-state index >= 15 is 0 Å². The summed E-state index contributed by atoms with van der Waals surface area (Å²) in [7, 11) is 0. The first-order valence-electron chi connectivity index (χ1n) is 11.5. The molecule has 1 saturated heterocycles. The van der Waals surface area contributed by atoms with Gasteiger partial charge < -0.3 is 19.6 Å². The minimum atomic E-state index is -0.833. The number of aryl methyl sites for hydroxylation is 1. The van der Waals surface area contributed by atoms with Crippen LogP contribution in [0.15, 0.2) is 53.7 Å². The Balaban J connectivity index is 1.33. The molecule has 2 heterocycles. The lowest BCUT2D eigenvalue weighted by Gasteiger charge is -2.24. The van der Waals surface area contributed by atoms with E-state index in [-0.39, 0.29) is 18.1 Å². The van der Waals surface area contributed by atoms with Crippen molar-refractivity contribution in [1.82, 2.24) is 4.90 Å². The Hall–Kier alpha value is -3.35. The second kappa shape index (κ2) is 10.1. The van der Waals surface area contributed by atoms with E-state index in [1.54, 1.807) is 6.92 Å². The Morgan fingerprint density at radius 1 is 1.21 bits per heavy atom. The number of amides is 1. The summed E-state index contributed by atoms with van der Waals surface area (Å²) in [5, 5.41) is 13.3. The quantitative estimate of drug-likeness (QED) is 0.636. The maximum atomic E-state index is 13.1. The molecule has 0 aliphatic carbocycles. The first kappa shape index (κ1) is 22.8. The number of carboxylic acids is 1. The van der Waals surface area contributed by atoms with E-state index < -0.39 is 11.9 Å². The van der Waals surface area contributed by atoms with E-state index in [1.165, 1.54) is 0 Å². The third-order valence-electron chi connectivity index (χ3n) is 6.35. The highest BCUT2D eigenvalue weighted by molar-refractivity contribution is 5.94. The van der Waals surface area contributed by atoms with Gasteiger partial charge in [0.15, 0.2) is 0 Å². The van der Waals surface area contributed by atoms with E-state index in [0.717, 1.165) is 41.2 Å². The van der Waals surface area contributed by atoms with Gasteiger partial charge in [-0.3, -0.25) is 9.59 Å². The number of rotatable bonds is 8. The van der Waals surface area contributed by atoms with Gasteiger partial charge in [0.2, 0.25) is 5.91 Å². The number of benzene rings is 2. The Morgan fingerprint density at radius 3 is 2.70 bits per heavy atom. The SMILES string of the molecule is Cc1ccccc1Oc1ccc(CC(=O)N2CCCC2C2=NOC(CC(C)C(=O)O)C2)cc1. The largest absolute Gasteiger partial charge is 0.481 e. The minimum Gasteiger partial charge on any atom is -0.481 e. The van der Waals surface area contributed by atoms with E-state index in [9.17, 15) is 9.59 Å². The molecule has 1 N–H and O–H groups in total. The fourth-order valence-electron chi connectivity index (χ4n) is 4.43. The van der Waals surface area contributed by atoms with Crippen LogP contribution in [0.2, 0.25) is 0 Å². The van der Waals surface area contributed by atoms with Crippen LogP contribution >= 0.6 is 0 Å². The van der Waals surface area contributed by atoms with Gasteiger partial charge in [-0.1, -0.05) is 42.4 Å². The van der Waals surface area contributed by atoms with Crippen LogP contribution in [0.5, 0.6) is 11.5 Å². The van der Waals surface area contributed by atoms with Crippen LogP contribution in [0.4, 0.5) is 0 Å². The molecule has 174 valence electrons. The first-order valence-corrected chi connectivity index (χ1v) is 11.5. The molecule has 2 aliphatic rings. The second-order valence-electron chi connectivity index (χ2n) is 8.92. The maximum Gasteiger partial charge on any atom is 0.306 e. The van der Waals surface area contributed by atoms with Gasteiger partial charge in [-0.15, -0.1) is 0 Å². The lowest BCUT2D eigenvalue weighted by molar-refractivity contribution is -0.142. The third kappa shape index (κ3) is 5.53. The number of ether oxygens (including phenoxy) is 1. The molecule has 1 amide bonds. The van der Waals surface area contributed by atoms with Crippen LogP contribution in [0.3, 0.4) is 0 Å². The van der Waals surface area contributed by atoms with Crippen molar-refractivity contribution in [3.05, 3.63) is 59.7 Å². The molecular weight excluding hydrogens is 420 g/mol. The highest BCUT2D eigenvalue weighted by atomic mass is 16.6. The molecule has 0 bridgehead atoms. The third-order valence-corrected chi connectivity index (χ3v) is 6.35. The van der Waals surface area contributed by atoms with E-state index in [1.807, 2.05) is 60.4 Å². The van der Waals surface area contributed by atoms with Gasteiger partial charge >= 0.3 is 5.97 Å². The fraction of sp³-hybridized carbons (Fsp3) is 0.423. The van der Waals surface area contributed by atoms with Crippen LogP contribution in [-0.2, 0) is 20.8 Å². The molecule has 2 aromatic carbocycles. The average Bonchev–Trinajstić information content (AvgIpc) is 3.46. The minimum absolute atomic E-state index is 0.0636. The predicted molar refractivity (Wildman–Crippen MR) is 124 cm³/mol. The van der Waals surface area contributed by atoms with E-state index in [2.05, 4.69) is 5.16 Å². The summed E-state index contributed by atoms with van der Waals surface area (Å²) in [5.74, 6) is 0.300. The normalized spacial score (nSPS) is 20.8.